The van der Waals surface area contributed by atoms with Gasteiger partial charge in [0, 0.05) is 12.6 Å². The SMILES string of the molecule is COc1cc(C)c(-c2cc(C(F)(F)F)nn2C)cc1C(=O)O. The van der Waals surface area contributed by atoms with E-state index in [-0.39, 0.29) is 17.0 Å². The lowest BCUT2D eigenvalue weighted by molar-refractivity contribution is -0.141. The highest BCUT2D eigenvalue weighted by molar-refractivity contribution is 5.93. The van der Waals surface area contributed by atoms with Crippen LogP contribution in [0.3, 0.4) is 0 Å². The highest BCUT2D eigenvalue weighted by Gasteiger charge is 2.35. The topological polar surface area (TPSA) is 64.4 Å². The minimum atomic E-state index is -4.56. The zero-order valence-corrected chi connectivity index (χ0v) is 12.0. The molecule has 0 aliphatic carbocycles. The summed E-state index contributed by atoms with van der Waals surface area (Å²) >= 11 is 0. The number of nitrogens with zero attached hydrogens (tertiary/aromatic N) is 2. The van der Waals surface area contributed by atoms with Crippen LogP contribution in [-0.4, -0.2) is 28.0 Å². The van der Waals surface area contributed by atoms with Crippen LogP contribution in [0.5, 0.6) is 5.75 Å². The molecule has 1 heterocycles. The van der Waals surface area contributed by atoms with Gasteiger partial charge in [-0.1, -0.05) is 0 Å². The molecule has 0 aliphatic heterocycles. The molecule has 2 rings (SSSR count). The summed E-state index contributed by atoms with van der Waals surface area (Å²) in [5.41, 5.74) is -0.0489. The maximum atomic E-state index is 12.7. The van der Waals surface area contributed by atoms with Gasteiger partial charge < -0.3 is 9.84 Å². The Morgan fingerprint density at radius 1 is 1.32 bits per heavy atom. The van der Waals surface area contributed by atoms with Gasteiger partial charge in [-0.15, -0.1) is 0 Å². The summed E-state index contributed by atoms with van der Waals surface area (Å²) in [4.78, 5) is 11.2. The number of hydrogen-bond donors (Lipinski definition) is 1. The van der Waals surface area contributed by atoms with Gasteiger partial charge in [0.2, 0.25) is 0 Å². The number of aryl methyl sites for hydroxylation is 2. The number of halogens is 3. The third-order valence-corrected chi connectivity index (χ3v) is 3.22. The molecule has 0 radical (unpaired) electrons. The van der Waals surface area contributed by atoms with Crippen molar-refractivity contribution in [1.82, 2.24) is 9.78 Å². The number of carboxylic acid groups (broad SMARTS) is 1. The van der Waals surface area contributed by atoms with E-state index in [0.29, 0.717) is 11.1 Å². The number of ether oxygens (including phenoxy) is 1. The molecule has 2 aromatic rings. The van der Waals surface area contributed by atoms with Crippen LogP contribution in [0.15, 0.2) is 18.2 Å². The molecule has 0 aliphatic rings. The highest BCUT2D eigenvalue weighted by Crippen LogP contribution is 2.34. The van der Waals surface area contributed by atoms with Crippen LogP contribution in [0.2, 0.25) is 0 Å². The van der Waals surface area contributed by atoms with Crippen molar-refractivity contribution in [2.75, 3.05) is 7.11 Å². The minimum Gasteiger partial charge on any atom is -0.496 e. The summed E-state index contributed by atoms with van der Waals surface area (Å²) in [6.07, 6.45) is -4.56. The number of benzene rings is 1. The van der Waals surface area contributed by atoms with E-state index >= 15 is 0 Å². The van der Waals surface area contributed by atoms with Crippen molar-refractivity contribution in [1.29, 1.82) is 0 Å². The molecule has 0 amide bonds. The molecule has 0 unspecified atom stereocenters. The average Bonchev–Trinajstić information content (AvgIpc) is 2.80. The second-order valence-corrected chi connectivity index (χ2v) is 4.71. The number of carboxylic acids is 1. The van der Waals surface area contributed by atoms with E-state index in [1.807, 2.05) is 0 Å². The summed E-state index contributed by atoms with van der Waals surface area (Å²) in [7, 11) is 2.70. The first-order chi connectivity index (χ1) is 10.1. The summed E-state index contributed by atoms with van der Waals surface area (Å²) in [6.45, 7) is 1.66. The van der Waals surface area contributed by atoms with Crippen LogP contribution in [-0.2, 0) is 13.2 Å². The van der Waals surface area contributed by atoms with E-state index in [4.69, 9.17) is 4.74 Å². The van der Waals surface area contributed by atoms with Crippen LogP contribution >= 0.6 is 0 Å². The van der Waals surface area contributed by atoms with Gasteiger partial charge in [-0.2, -0.15) is 18.3 Å². The zero-order chi connectivity index (χ0) is 16.7. The lowest BCUT2D eigenvalue weighted by Crippen LogP contribution is -2.06. The molecule has 1 N–H and O–H groups in total. The van der Waals surface area contributed by atoms with Gasteiger partial charge in [-0.05, 0) is 30.7 Å². The molecule has 1 aromatic carbocycles. The Labute approximate surface area is 123 Å². The lowest BCUT2D eigenvalue weighted by Gasteiger charge is -2.11. The lowest BCUT2D eigenvalue weighted by atomic mass is 10.0. The quantitative estimate of drug-likeness (QED) is 0.945. The van der Waals surface area contributed by atoms with Gasteiger partial charge in [-0.25, -0.2) is 4.79 Å². The fraction of sp³-hybridized carbons (Fsp3) is 0.286. The van der Waals surface area contributed by atoms with Crippen LogP contribution in [0.4, 0.5) is 13.2 Å². The molecular formula is C14H13F3N2O3. The molecule has 0 fully saturated rings. The predicted molar refractivity (Wildman–Crippen MR) is 71.9 cm³/mol. The molecule has 22 heavy (non-hydrogen) atoms. The molecule has 0 bridgehead atoms. The van der Waals surface area contributed by atoms with E-state index in [2.05, 4.69) is 5.10 Å². The van der Waals surface area contributed by atoms with Crippen molar-refractivity contribution in [2.24, 2.45) is 7.05 Å². The van der Waals surface area contributed by atoms with Gasteiger partial charge in [0.05, 0.1) is 12.8 Å². The molecule has 118 valence electrons. The zero-order valence-electron chi connectivity index (χ0n) is 12.0. The maximum absolute atomic E-state index is 12.7. The van der Waals surface area contributed by atoms with Crippen molar-refractivity contribution in [2.45, 2.75) is 13.1 Å². The summed E-state index contributed by atoms with van der Waals surface area (Å²) < 4.78 is 44.3. The third-order valence-electron chi connectivity index (χ3n) is 3.22. The first-order valence-electron chi connectivity index (χ1n) is 6.18. The molecule has 0 saturated heterocycles. The number of rotatable bonds is 3. The van der Waals surface area contributed by atoms with Crippen LogP contribution < -0.4 is 4.74 Å². The second-order valence-electron chi connectivity index (χ2n) is 4.71. The van der Waals surface area contributed by atoms with Crippen molar-refractivity contribution >= 4 is 5.97 Å². The first-order valence-corrected chi connectivity index (χ1v) is 6.18. The van der Waals surface area contributed by atoms with Gasteiger partial charge in [-0.3, -0.25) is 4.68 Å². The fourth-order valence-corrected chi connectivity index (χ4v) is 2.15. The second kappa shape index (κ2) is 5.36. The number of methoxy groups -OCH3 is 1. The Kier molecular flexibility index (Phi) is 3.87. The Morgan fingerprint density at radius 3 is 2.41 bits per heavy atom. The average molecular weight is 314 g/mol. The van der Waals surface area contributed by atoms with Crippen molar-refractivity contribution in [3.63, 3.8) is 0 Å². The van der Waals surface area contributed by atoms with E-state index in [1.165, 1.54) is 26.3 Å². The molecule has 1 aromatic heterocycles. The van der Waals surface area contributed by atoms with Crippen LogP contribution in [0.1, 0.15) is 21.6 Å². The van der Waals surface area contributed by atoms with E-state index < -0.39 is 17.8 Å². The molecule has 5 nitrogen and oxygen atoms in total. The Balaban J connectivity index is 2.65. The molecule has 0 atom stereocenters. The number of carbonyl (C=O) groups is 1. The van der Waals surface area contributed by atoms with Gasteiger partial charge >= 0.3 is 12.1 Å². The number of aromatic carboxylic acids is 1. The number of alkyl halides is 3. The van der Waals surface area contributed by atoms with Crippen molar-refractivity contribution in [3.8, 4) is 17.0 Å². The normalized spacial score (nSPS) is 11.5. The van der Waals surface area contributed by atoms with E-state index in [1.54, 1.807) is 6.92 Å². The smallest absolute Gasteiger partial charge is 0.435 e. The van der Waals surface area contributed by atoms with E-state index in [9.17, 15) is 23.1 Å². The summed E-state index contributed by atoms with van der Waals surface area (Å²) in [6, 6.07) is 3.65. The fourth-order valence-electron chi connectivity index (χ4n) is 2.15. The maximum Gasteiger partial charge on any atom is 0.435 e. The van der Waals surface area contributed by atoms with Gasteiger partial charge in [0.25, 0.3) is 0 Å². The Morgan fingerprint density at radius 2 is 1.95 bits per heavy atom. The van der Waals surface area contributed by atoms with Gasteiger partial charge in [0.1, 0.15) is 11.3 Å². The van der Waals surface area contributed by atoms with Gasteiger partial charge in [0.15, 0.2) is 5.69 Å². The molecule has 0 spiro atoms. The standard InChI is InChI=1S/C14H13F3N2O3/c1-7-4-11(22-3)9(13(20)21)5-8(7)10-6-12(14(15,16)17)18-19(10)2/h4-6H,1-3H3,(H,20,21). The molecule has 8 heteroatoms. The number of aromatic nitrogens is 2. The van der Waals surface area contributed by atoms with Crippen LogP contribution in [0, 0.1) is 6.92 Å². The van der Waals surface area contributed by atoms with E-state index in [0.717, 1.165) is 10.7 Å². The molecular weight excluding hydrogens is 301 g/mol. The largest absolute Gasteiger partial charge is 0.496 e. The third kappa shape index (κ3) is 2.76. The Bertz CT molecular complexity index is 736. The van der Waals surface area contributed by atoms with Crippen molar-refractivity contribution in [3.05, 3.63) is 35.0 Å². The molecule has 0 saturated carbocycles. The Hall–Kier alpha value is -2.51. The minimum absolute atomic E-state index is 0.127. The summed E-state index contributed by atoms with van der Waals surface area (Å²) in [5, 5.41) is 12.6. The summed E-state index contributed by atoms with van der Waals surface area (Å²) in [5.74, 6) is -1.08. The van der Waals surface area contributed by atoms with Crippen molar-refractivity contribution < 1.29 is 27.8 Å². The highest BCUT2D eigenvalue weighted by atomic mass is 19.4. The van der Waals surface area contributed by atoms with Crippen LogP contribution in [0.25, 0.3) is 11.3 Å². The predicted octanol–water partition coefficient (Wildman–Crippen LogP) is 3.12. The monoisotopic (exact) mass is 314 g/mol. The first kappa shape index (κ1) is 15.9. The number of hydrogen-bond acceptors (Lipinski definition) is 3.